The van der Waals surface area contributed by atoms with Crippen LogP contribution in [-0.2, 0) is 11.3 Å². The number of benzene rings is 1. The SMILES string of the molecule is CCC=CC1(C)CC=C(C)CC1c1ccc(COC)cc1. The standard InChI is InChI=1S/C20H28O/c1-5-6-12-20(3)13-11-16(2)14-19(20)18-9-7-17(8-10-18)15-21-4/h6-12,19H,5,13-15H2,1-4H3. The molecule has 0 saturated heterocycles. The van der Waals surface area contributed by atoms with E-state index in [4.69, 9.17) is 4.74 Å². The maximum Gasteiger partial charge on any atom is 0.0713 e. The molecular weight excluding hydrogens is 256 g/mol. The third kappa shape index (κ3) is 3.85. The van der Waals surface area contributed by atoms with E-state index in [1.165, 1.54) is 16.7 Å². The van der Waals surface area contributed by atoms with Gasteiger partial charge in [-0.2, -0.15) is 0 Å². The zero-order valence-electron chi connectivity index (χ0n) is 13.9. The molecule has 0 heterocycles. The average Bonchev–Trinajstić information content (AvgIpc) is 2.49. The normalized spacial score (nSPS) is 26.1. The van der Waals surface area contributed by atoms with E-state index in [0.29, 0.717) is 12.5 Å². The third-order valence-electron chi connectivity index (χ3n) is 4.64. The Kier molecular flexibility index (Phi) is 5.41. The van der Waals surface area contributed by atoms with E-state index in [1.807, 2.05) is 0 Å². The van der Waals surface area contributed by atoms with Crippen molar-refractivity contribution in [1.82, 2.24) is 0 Å². The molecule has 2 rings (SSSR count). The lowest BCUT2D eigenvalue weighted by molar-refractivity contribution is 0.185. The molecule has 114 valence electrons. The quantitative estimate of drug-likeness (QED) is 0.637. The van der Waals surface area contributed by atoms with Crippen molar-refractivity contribution >= 4 is 0 Å². The lowest BCUT2D eigenvalue weighted by atomic mass is 9.65. The first kappa shape index (κ1) is 16.0. The van der Waals surface area contributed by atoms with Crippen LogP contribution in [0.1, 0.15) is 57.1 Å². The van der Waals surface area contributed by atoms with Gasteiger partial charge in [0.25, 0.3) is 0 Å². The van der Waals surface area contributed by atoms with Gasteiger partial charge in [0, 0.05) is 7.11 Å². The largest absolute Gasteiger partial charge is 0.380 e. The first-order valence-electron chi connectivity index (χ1n) is 8.00. The molecule has 0 radical (unpaired) electrons. The van der Waals surface area contributed by atoms with Crippen molar-refractivity contribution in [3.05, 3.63) is 59.2 Å². The summed E-state index contributed by atoms with van der Waals surface area (Å²) in [5.41, 5.74) is 4.45. The molecule has 1 heteroatoms. The molecule has 0 amide bonds. The minimum atomic E-state index is 0.234. The summed E-state index contributed by atoms with van der Waals surface area (Å²) in [6.07, 6.45) is 10.6. The number of ether oxygens (including phenoxy) is 1. The van der Waals surface area contributed by atoms with E-state index >= 15 is 0 Å². The third-order valence-corrected chi connectivity index (χ3v) is 4.64. The number of allylic oxidation sites excluding steroid dienone is 4. The van der Waals surface area contributed by atoms with Crippen LogP contribution in [0.3, 0.4) is 0 Å². The van der Waals surface area contributed by atoms with Crippen LogP contribution in [0.5, 0.6) is 0 Å². The lowest BCUT2D eigenvalue weighted by Crippen LogP contribution is -2.26. The van der Waals surface area contributed by atoms with Crippen molar-refractivity contribution in [2.45, 2.75) is 52.6 Å². The van der Waals surface area contributed by atoms with E-state index in [-0.39, 0.29) is 5.41 Å². The van der Waals surface area contributed by atoms with Crippen molar-refractivity contribution in [3.8, 4) is 0 Å². The van der Waals surface area contributed by atoms with Gasteiger partial charge in [0.15, 0.2) is 0 Å². The van der Waals surface area contributed by atoms with E-state index in [2.05, 4.69) is 63.3 Å². The summed E-state index contributed by atoms with van der Waals surface area (Å²) >= 11 is 0. The van der Waals surface area contributed by atoms with Crippen LogP contribution in [0, 0.1) is 5.41 Å². The second kappa shape index (κ2) is 7.09. The second-order valence-electron chi connectivity index (χ2n) is 6.50. The van der Waals surface area contributed by atoms with Gasteiger partial charge >= 0.3 is 0 Å². The highest BCUT2D eigenvalue weighted by atomic mass is 16.5. The summed E-state index contributed by atoms with van der Waals surface area (Å²) in [5.74, 6) is 0.571. The highest BCUT2D eigenvalue weighted by Crippen LogP contribution is 2.47. The molecule has 0 N–H and O–H groups in total. The van der Waals surface area contributed by atoms with Gasteiger partial charge in [0.05, 0.1) is 6.61 Å². The Morgan fingerprint density at radius 2 is 2.00 bits per heavy atom. The maximum atomic E-state index is 5.20. The van der Waals surface area contributed by atoms with Crippen LogP contribution in [0.2, 0.25) is 0 Å². The van der Waals surface area contributed by atoms with E-state index < -0.39 is 0 Å². The molecule has 2 atom stereocenters. The fraction of sp³-hybridized carbons (Fsp3) is 0.500. The summed E-state index contributed by atoms with van der Waals surface area (Å²) in [7, 11) is 1.75. The molecule has 1 aromatic rings. The smallest absolute Gasteiger partial charge is 0.0713 e. The average molecular weight is 284 g/mol. The van der Waals surface area contributed by atoms with Gasteiger partial charge in [-0.1, -0.05) is 61.9 Å². The van der Waals surface area contributed by atoms with Gasteiger partial charge in [-0.25, -0.2) is 0 Å². The molecule has 21 heavy (non-hydrogen) atoms. The summed E-state index contributed by atoms with van der Waals surface area (Å²) in [6, 6.07) is 8.98. The topological polar surface area (TPSA) is 9.23 Å². The first-order valence-corrected chi connectivity index (χ1v) is 8.00. The predicted octanol–water partition coefficient (Wildman–Crippen LogP) is 5.63. The number of hydrogen-bond acceptors (Lipinski definition) is 1. The fourth-order valence-corrected chi connectivity index (χ4v) is 3.26. The van der Waals surface area contributed by atoms with Gasteiger partial charge in [-0.05, 0) is 48.6 Å². The van der Waals surface area contributed by atoms with Gasteiger partial charge in [-0.3, -0.25) is 0 Å². The zero-order valence-corrected chi connectivity index (χ0v) is 13.9. The molecule has 2 unspecified atom stereocenters. The van der Waals surface area contributed by atoms with Crippen LogP contribution in [-0.4, -0.2) is 7.11 Å². The molecule has 1 aliphatic carbocycles. The maximum absolute atomic E-state index is 5.20. The van der Waals surface area contributed by atoms with Crippen molar-refractivity contribution in [3.63, 3.8) is 0 Å². The molecular formula is C20H28O. The van der Waals surface area contributed by atoms with Crippen LogP contribution < -0.4 is 0 Å². The number of hydrogen-bond donors (Lipinski definition) is 0. The molecule has 0 aliphatic heterocycles. The molecule has 0 fully saturated rings. The monoisotopic (exact) mass is 284 g/mol. The van der Waals surface area contributed by atoms with Gasteiger partial charge in [0.1, 0.15) is 0 Å². The Balaban J connectivity index is 2.28. The minimum Gasteiger partial charge on any atom is -0.380 e. The van der Waals surface area contributed by atoms with E-state index in [1.54, 1.807) is 7.11 Å². The van der Waals surface area contributed by atoms with Crippen molar-refractivity contribution < 1.29 is 4.74 Å². The van der Waals surface area contributed by atoms with E-state index in [9.17, 15) is 0 Å². The number of methoxy groups -OCH3 is 1. The summed E-state index contributed by atoms with van der Waals surface area (Å²) in [4.78, 5) is 0. The Labute approximate surface area is 129 Å². The molecule has 0 saturated carbocycles. The lowest BCUT2D eigenvalue weighted by Gasteiger charge is -2.39. The van der Waals surface area contributed by atoms with Crippen molar-refractivity contribution in [2.24, 2.45) is 5.41 Å². The van der Waals surface area contributed by atoms with Crippen LogP contribution in [0.15, 0.2) is 48.1 Å². The Bertz CT molecular complexity index is 509. The van der Waals surface area contributed by atoms with Crippen LogP contribution in [0.25, 0.3) is 0 Å². The Morgan fingerprint density at radius 3 is 2.62 bits per heavy atom. The van der Waals surface area contributed by atoms with Crippen LogP contribution in [0.4, 0.5) is 0 Å². The zero-order chi connectivity index (χ0) is 15.3. The Morgan fingerprint density at radius 1 is 1.29 bits per heavy atom. The molecule has 0 spiro atoms. The van der Waals surface area contributed by atoms with Gasteiger partial charge < -0.3 is 4.74 Å². The van der Waals surface area contributed by atoms with Crippen molar-refractivity contribution in [1.29, 1.82) is 0 Å². The van der Waals surface area contributed by atoms with Gasteiger partial charge in [0.2, 0.25) is 0 Å². The fourth-order valence-electron chi connectivity index (χ4n) is 3.26. The second-order valence-corrected chi connectivity index (χ2v) is 6.50. The Hall–Kier alpha value is -1.34. The van der Waals surface area contributed by atoms with Crippen LogP contribution >= 0.6 is 0 Å². The van der Waals surface area contributed by atoms with Gasteiger partial charge in [-0.15, -0.1) is 0 Å². The molecule has 0 bridgehead atoms. The highest BCUT2D eigenvalue weighted by Gasteiger charge is 2.34. The minimum absolute atomic E-state index is 0.234. The van der Waals surface area contributed by atoms with E-state index in [0.717, 1.165) is 19.3 Å². The molecule has 1 nitrogen and oxygen atoms in total. The number of rotatable bonds is 5. The predicted molar refractivity (Wildman–Crippen MR) is 90.4 cm³/mol. The molecule has 1 aliphatic rings. The highest BCUT2D eigenvalue weighted by molar-refractivity contribution is 5.32. The summed E-state index contributed by atoms with van der Waals surface area (Å²) < 4.78 is 5.20. The molecule has 1 aromatic carbocycles. The summed E-state index contributed by atoms with van der Waals surface area (Å²) in [5, 5.41) is 0. The summed E-state index contributed by atoms with van der Waals surface area (Å²) in [6.45, 7) is 7.56. The molecule has 0 aromatic heterocycles. The van der Waals surface area contributed by atoms with Crippen molar-refractivity contribution in [2.75, 3.05) is 7.11 Å². The first-order chi connectivity index (χ1) is 10.1.